The smallest absolute Gasteiger partial charge is 0.205 e. The first kappa shape index (κ1) is 28.2. The van der Waals surface area contributed by atoms with Crippen LogP contribution in [0.2, 0.25) is 0 Å². The molecule has 0 aliphatic heterocycles. The van der Waals surface area contributed by atoms with Gasteiger partial charge in [0.1, 0.15) is 23.1 Å². The number of ether oxygens (including phenoxy) is 2. The molecular weight excluding hydrogens is 619 g/mol. The summed E-state index contributed by atoms with van der Waals surface area (Å²) in [5, 5.41) is 0.0699. The van der Waals surface area contributed by atoms with Crippen LogP contribution in [-0.4, -0.2) is 28.2 Å². The van der Waals surface area contributed by atoms with Crippen LogP contribution in [0.4, 0.5) is 8.78 Å². The van der Waals surface area contributed by atoms with E-state index in [1.54, 1.807) is 36.9 Å². The predicted octanol–water partition coefficient (Wildman–Crippen LogP) is 6.58. The lowest BCUT2D eigenvalue weighted by Crippen LogP contribution is -2.09. The molecule has 0 unspecified atom stereocenters. The molecule has 5 aromatic rings. The summed E-state index contributed by atoms with van der Waals surface area (Å²) < 4.78 is 39.3. The molecule has 0 aliphatic carbocycles. The van der Waals surface area contributed by atoms with Gasteiger partial charge >= 0.3 is 0 Å². The molecule has 5 rings (SSSR count). The van der Waals surface area contributed by atoms with E-state index in [4.69, 9.17) is 9.47 Å². The van der Waals surface area contributed by atoms with E-state index in [0.29, 0.717) is 50.4 Å². The summed E-state index contributed by atoms with van der Waals surface area (Å²) in [6, 6.07) is 9.09. The summed E-state index contributed by atoms with van der Waals surface area (Å²) in [5.74, 6) is -0.0979. The molecule has 0 saturated carbocycles. The van der Waals surface area contributed by atoms with Gasteiger partial charge < -0.3 is 19.4 Å². The van der Waals surface area contributed by atoms with Crippen LogP contribution in [0.15, 0.2) is 70.8 Å². The van der Waals surface area contributed by atoms with Crippen molar-refractivity contribution in [1.29, 1.82) is 0 Å². The van der Waals surface area contributed by atoms with E-state index in [2.05, 4.69) is 15.0 Å². The standard InChI is InChI=1S/C17H15FN2O2.C12H11FINO2/c1-2-8-22-14-6-5-13(18)15-16(14)20-10-12(17(15)21)11-4-3-7-19-9-11;1-2-5-17-9-4-3-7(13)10-11(9)15-6-8(14)12(10)16/h3-7,9-10H,2,8H2,1H3,(H,20,21);3-4,6H,2,5H2,1H3,(H,15,16). The van der Waals surface area contributed by atoms with Crippen molar-refractivity contribution in [3.8, 4) is 22.6 Å². The molecule has 10 heteroatoms. The highest BCUT2D eigenvalue weighted by Gasteiger charge is 2.15. The topological polar surface area (TPSA) is 97.1 Å². The van der Waals surface area contributed by atoms with Gasteiger partial charge in [-0.25, -0.2) is 8.78 Å². The molecule has 0 atom stereocenters. The van der Waals surface area contributed by atoms with Crippen LogP contribution in [-0.2, 0) is 0 Å². The summed E-state index contributed by atoms with van der Waals surface area (Å²) in [5.41, 5.74) is 1.15. The van der Waals surface area contributed by atoms with Gasteiger partial charge in [-0.05, 0) is 65.8 Å². The highest BCUT2D eigenvalue weighted by molar-refractivity contribution is 14.1. The van der Waals surface area contributed by atoms with Crippen LogP contribution in [0.3, 0.4) is 0 Å². The number of pyridine rings is 3. The van der Waals surface area contributed by atoms with Gasteiger partial charge in [-0.2, -0.15) is 0 Å². The van der Waals surface area contributed by atoms with E-state index in [9.17, 15) is 18.4 Å². The average molecular weight is 645 g/mol. The molecule has 2 N–H and O–H groups in total. The van der Waals surface area contributed by atoms with Crippen molar-refractivity contribution >= 4 is 44.4 Å². The molecule has 202 valence electrons. The second-order valence-corrected chi connectivity index (χ2v) is 9.69. The fourth-order valence-electron chi connectivity index (χ4n) is 3.91. The van der Waals surface area contributed by atoms with Gasteiger partial charge in [-0.3, -0.25) is 14.6 Å². The Kier molecular flexibility index (Phi) is 9.28. The Hall–Kier alpha value is -3.80. The maximum atomic E-state index is 14.2. The van der Waals surface area contributed by atoms with E-state index in [0.717, 1.165) is 12.8 Å². The van der Waals surface area contributed by atoms with Crippen molar-refractivity contribution < 1.29 is 18.3 Å². The van der Waals surface area contributed by atoms with Gasteiger partial charge in [0.2, 0.25) is 5.43 Å². The zero-order valence-corrected chi connectivity index (χ0v) is 23.5. The van der Waals surface area contributed by atoms with Gasteiger partial charge in [-0.15, -0.1) is 0 Å². The van der Waals surface area contributed by atoms with E-state index in [-0.39, 0.29) is 21.6 Å². The second-order valence-electron chi connectivity index (χ2n) is 8.53. The van der Waals surface area contributed by atoms with Crippen molar-refractivity contribution in [3.05, 3.63) is 96.8 Å². The third kappa shape index (κ3) is 6.11. The van der Waals surface area contributed by atoms with Crippen LogP contribution in [0.25, 0.3) is 32.9 Å². The molecule has 0 aliphatic rings. The van der Waals surface area contributed by atoms with E-state index >= 15 is 0 Å². The third-order valence-electron chi connectivity index (χ3n) is 5.75. The number of halogens is 3. The molecule has 39 heavy (non-hydrogen) atoms. The second kappa shape index (κ2) is 12.8. The van der Waals surface area contributed by atoms with Crippen molar-refractivity contribution in [2.75, 3.05) is 13.2 Å². The summed E-state index contributed by atoms with van der Waals surface area (Å²) >= 11 is 1.88. The third-order valence-corrected chi connectivity index (χ3v) is 6.55. The Balaban J connectivity index is 0.000000187. The van der Waals surface area contributed by atoms with Crippen LogP contribution in [0.5, 0.6) is 11.5 Å². The zero-order valence-electron chi connectivity index (χ0n) is 21.3. The molecule has 2 aromatic carbocycles. The number of nitrogens with one attached hydrogen (secondary N) is 2. The average Bonchev–Trinajstić information content (AvgIpc) is 2.95. The van der Waals surface area contributed by atoms with E-state index in [1.165, 1.54) is 24.3 Å². The summed E-state index contributed by atoms with van der Waals surface area (Å²) in [4.78, 5) is 34.4. The lowest BCUT2D eigenvalue weighted by molar-refractivity contribution is 0.320. The van der Waals surface area contributed by atoms with Crippen molar-refractivity contribution in [1.82, 2.24) is 15.0 Å². The minimum absolute atomic E-state index is 0.00922. The highest BCUT2D eigenvalue weighted by atomic mass is 127. The number of hydrogen-bond donors (Lipinski definition) is 2. The van der Waals surface area contributed by atoms with Crippen LogP contribution in [0, 0.1) is 15.2 Å². The molecule has 7 nitrogen and oxygen atoms in total. The SMILES string of the molecule is CCCOc1ccc(F)c2c(=O)c(-c3cccnc3)c[nH]c12.CCCOc1ccc(F)c2c(=O)c(I)c[nH]c12. The normalized spacial score (nSPS) is 10.8. The molecule has 0 fully saturated rings. The van der Waals surface area contributed by atoms with Crippen molar-refractivity contribution in [2.24, 2.45) is 0 Å². The summed E-state index contributed by atoms with van der Waals surface area (Å²) in [6.07, 6.45) is 8.01. The number of H-pyrrole nitrogens is 2. The molecule has 0 amide bonds. The van der Waals surface area contributed by atoms with Crippen molar-refractivity contribution in [2.45, 2.75) is 26.7 Å². The zero-order chi connectivity index (χ0) is 27.9. The number of benzene rings is 2. The first-order valence-corrected chi connectivity index (χ1v) is 13.4. The Morgan fingerprint density at radius 2 is 1.38 bits per heavy atom. The van der Waals surface area contributed by atoms with Gasteiger partial charge in [0.25, 0.3) is 0 Å². The van der Waals surface area contributed by atoms with E-state index < -0.39 is 11.6 Å². The van der Waals surface area contributed by atoms with Crippen molar-refractivity contribution in [3.63, 3.8) is 0 Å². The Morgan fingerprint density at radius 3 is 1.92 bits per heavy atom. The molecule has 0 saturated heterocycles. The van der Waals surface area contributed by atoms with Gasteiger partial charge in [0.15, 0.2) is 5.43 Å². The maximum Gasteiger partial charge on any atom is 0.205 e. The number of aromatic amines is 2. The van der Waals surface area contributed by atoms with Gasteiger partial charge in [-0.1, -0.05) is 19.9 Å². The Bertz CT molecular complexity index is 1720. The first-order valence-electron chi connectivity index (χ1n) is 12.4. The number of hydrogen-bond acceptors (Lipinski definition) is 5. The van der Waals surface area contributed by atoms with Gasteiger partial charge in [0, 0.05) is 35.9 Å². The maximum absolute atomic E-state index is 14.2. The molecule has 0 radical (unpaired) electrons. The minimum Gasteiger partial charge on any atom is -0.491 e. The predicted molar refractivity (Wildman–Crippen MR) is 157 cm³/mol. The Labute approximate surface area is 236 Å². The largest absolute Gasteiger partial charge is 0.491 e. The monoisotopic (exact) mass is 645 g/mol. The van der Waals surface area contributed by atoms with Gasteiger partial charge in [0.05, 0.1) is 38.6 Å². The number of fused-ring (bicyclic) bond motifs is 2. The van der Waals surface area contributed by atoms with Crippen LogP contribution < -0.4 is 20.3 Å². The first-order chi connectivity index (χ1) is 18.9. The van der Waals surface area contributed by atoms with Crippen LogP contribution >= 0.6 is 22.6 Å². The summed E-state index contributed by atoms with van der Waals surface area (Å²) in [6.45, 7) is 5.01. The number of aromatic nitrogens is 3. The van der Waals surface area contributed by atoms with Crippen LogP contribution in [0.1, 0.15) is 26.7 Å². The fourth-order valence-corrected chi connectivity index (χ4v) is 4.34. The molecule has 3 aromatic heterocycles. The lowest BCUT2D eigenvalue weighted by atomic mass is 10.1. The molecular formula is C29H26F2IN3O4. The lowest BCUT2D eigenvalue weighted by Gasteiger charge is -2.10. The number of nitrogens with zero attached hydrogens (tertiary/aromatic N) is 1. The number of rotatable bonds is 7. The minimum atomic E-state index is -0.564. The molecule has 0 spiro atoms. The molecule has 0 bridgehead atoms. The Morgan fingerprint density at radius 1 is 0.821 bits per heavy atom. The fraction of sp³-hybridized carbons (Fsp3) is 0.207. The highest BCUT2D eigenvalue weighted by Crippen LogP contribution is 2.27. The summed E-state index contributed by atoms with van der Waals surface area (Å²) in [7, 11) is 0. The van der Waals surface area contributed by atoms with E-state index in [1.807, 2.05) is 36.4 Å². The molecule has 3 heterocycles. The quantitative estimate of drug-likeness (QED) is 0.195.